The number of fused-ring (bicyclic) bond motifs is 2. The van der Waals surface area contributed by atoms with E-state index in [1.54, 1.807) is 18.2 Å². The lowest BCUT2D eigenvalue weighted by Gasteiger charge is -2.36. The summed E-state index contributed by atoms with van der Waals surface area (Å²) < 4.78 is 0.508. The average Bonchev–Trinajstić information content (AvgIpc) is 3.05. The summed E-state index contributed by atoms with van der Waals surface area (Å²) in [6.07, 6.45) is 11.5. The third-order valence-electron chi connectivity index (χ3n) is 8.16. The van der Waals surface area contributed by atoms with Crippen LogP contribution >= 0.6 is 15.9 Å². The Labute approximate surface area is 226 Å². The Hall–Kier alpha value is -3.26. The van der Waals surface area contributed by atoms with Crippen LogP contribution < -0.4 is 4.90 Å². The van der Waals surface area contributed by atoms with Gasteiger partial charge in [0.15, 0.2) is 0 Å². The highest BCUT2D eigenvalue weighted by molar-refractivity contribution is 9.10. The van der Waals surface area contributed by atoms with Crippen molar-refractivity contribution in [3.05, 3.63) is 108 Å². The summed E-state index contributed by atoms with van der Waals surface area (Å²) in [5.41, 5.74) is 5.26. The molecule has 1 saturated carbocycles. The van der Waals surface area contributed by atoms with Crippen LogP contribution in [0.4, 0.5) is 17.1 Å². The molecule has 37 heavy (non-hydrogen) atoms. The van der Waals surface area contributed by atoms with Crippen molar-refractivity contribution in [1.29, 1.82) is 0 Å². The van der Waals surface area contributed by atoms with Crippen LogP contribution in [-0.4, -0.2) is 16.9 Å². The second-order valence-corrected chi connectivity index (χ2v) is 11.5. The number of aryl methyl sites for hydroxylation is 1. The van der Waals surface area contributed by atoms with Gasteiger partial charge in [0, 0.05) is 41.8 Å². The molecule has 2 aliphatic rings. The Morgan fingerprint density at radius 3 is 2.41 bits per heavy atom. The van der Waals surface area contributed by atoms with E-state index in [0.29, 0.717) is 4.47 Å². The molecule has 2 aromatic carbocycles. The third kappa shape index (κ3) is 4.63. The highest BCUT2D eigenvalue weighted by Gasteiger charge is 2.47. The molecule has 2 aromatic rings. The molecule has 1 aliphatic carbocycles. The van der Waals surface area contributed by atoms with Crippen LogP contribution in [0.15, 0.2) is 70.9 Å². The van der Waals surface area contributed by atoms with Crippen molar-refractivity contribution in [2.45, 2.75) is 63.7 Å². The molecule has 0 N–H and O–H groups in total. The minimum atomic E-state index is -0.510. The number of non-ortho nitro benzene ring substituents is 1. The molecular weight excluding hydrogens is 534 g/mol. The first kappa shape index (κ1) is 26.8. The lowest BCUT2D eigenvalue weighted by molar-refractivity contribution is -0.385. The summed E-state index contributed by atoms with van der Waals surface area (Å²) in [5, 5.41) is 22.9. The van der Waals surface area contributed by atoms with E-state index in [9.17, 15) is 20.2 Å². The minimum Gasteiger partial charge on any atom is -0.347 e. The molecule has 0 aromatic heterocycles. The topological polar surface area (TPSA) is 89.5 Å². The highest BCUT2D eigenvalue weighted by Crippen LogP contribution is 2.56. The molecule has 0 atom stereocenters. The van der Waals surface area contributed by atoms with Gasteiger partial charge in [-0.2, -0.15) is 0 Å². The van der Waals surface area contributed by atoms with Gasteiger partial charge in [-0.1, -0.05) is 57.9 Å². The minimum absolute atomic E-state index is 0.0656. The van der Waals surface area contributed by atoms with Crippen LogP contribution in [0.1, 0.15) is 62.6 Å². The largest absolute Gasteiger partial charge is 0.347 e. The number of likely N-dealkylation sites (N-methyl/N-ethyl adjacent to an activating group) is 1. The Bertz CT molecular complexity index is 1350. The van der Waals surface area contributed by atoms with Gasteiger partial charge in [-0.05, 0) is 70.1 Å². The lowest BCUT2D eigenvalue weighted by Crippen LogP contribution is -2.31. The van der Waals surface area contributed by atoms with E-state index in [-0.39, 0.29) is 26.6 Å². The second kappa shape index (κ2) is 9.89. The fourth-order valence-electron chi connectivity index (χ4n) is 5.93. The molecule has 8 heteroatoms. The molecular formula is C29H32BrN3O4. The lowest BCUT2D eigenvalue weighted by atomic mass is 9.68. The number of hydrogen-bond donors (Lipinski definition) is 0. The van der Waals surface area contributed by atoms with E-state index in [4.69, 9.17) is 0 Å². The van der Waals surface area contributed by atoms with Crippen LogP contribution in [-0.2, 0) is 10.8 Å². The molecule has 1 aliphatic heterocycles. The van der Waals surface area contributed by atoms with Crippen LogP contribution in [0.3, 0.4) is 0 Å². The number of benzene rings is 2. The monoisotopic (exact) mass is 565 g/mol. The second-order valence-electron chi connectivity index (χ2n) is 10.6. The van der Waals surface area contributed by atoms with Gasteiger partial charge in [0.05, 0.1) is 20.0 Å². The number of anilines is 1. The maximum atomic E-state index is 11.6. The maximum absolute atomic E-state index is 11.6. The predicted octanol–water partition coefficient (Wildman–Crippen LogP) is 8.20. The van der Waals surface area contributed by atoms with Crippen LogP contribution in [0.2, 0.25) is 0 Å². The smallest absolute Gasteiger partial charge is 0.285 e. The van der Waals surface area contributed by atoms with Crippen molar-refractivity contribution in [2.75, 3.05) is 11.9 Å². The first-order chi connectivity index (χ1) is 17.4. The summed E-state index contributed by atoms with van der Waals surface area (Å²) in [4.78, 5) is 24.3. The fourth-order valence-corrected chi connectivity index (χ4v) is 6.41. The van der Waals surface area contributed by atoms with Gasteiger partial charge >= 0.3 is 0 Å². The van der Waals surface area contributed by atoms with Crippen molar-refractivity contribution >= 4 is 33.0 Å². The number of halogens is 1. The van der Waals surface area contributed by atoms with Gasteiger partial charge in [0.2, 0.25) is 0 Å². The predicted molar refractivity (Wildman–Crippen MR) is 151 cm³/mol. The third-order valence-corrected chi connectivity index (χ3v) is 8.79. The number of hydrogen-bond acceptors (Lipinski definition) is 5. The molecule has 194 valence electrons. The van der Waals surface area contributed by atoms with Gasteiger partial charge in [0.25, 0.3) is 11.4 Å². The van der Waals surface area contributed by atoms with Crippen LogP contribution in [0.25, 0.3) is 0 Å². The molecule has 0 radical (unpaired) electrons. The van der Waals surface area contributed by atoms with Crippen molar-refractivity contribution < 1.29 is 9.85 Å². The van der Waals surface area contributed by atoms with E-state index in [1.807, 2.05) is 46.0 Å². The number of allylic oxidation sites excluding steroid dienone is 5. The molecule has 0 saturated heterocycles. The van der Waals surface area contributed by atoms with Crippen LogP contribution in [0.5, 0.6) is 0 Å². The quantitative estimate of drug-likeness (QED) is 0.200. The number of nitrogens with zero attached hydrogens (tertiary/aromatic N) is 3. The van der Waals surface area contributed by atoms with Crippen molar-refractivity contribution in [3.63, 3.8) is 0 Å². The molecule has 1 heterocycles. The Kier molecular flexibility index (Phi) is 7.16. The number of nitro groups is 2. The van der Waals surface area contributed by atoms with E-state index in [1.165, 1.54) is 12.5 Å². The van der Waals surface area contributed by atoms with Gasteiger partial charge < -0.3 is 4.90 Å². The van der Waals surface area contributed by atoms with Gasteiger partial charge in [-0.3, -0.25) is 20.2 Å². The normalized spacial score (nSPS) is 18.0. The molecule has 0 bridgehead atoms. The zero-order valence-corrected chi connectivity index (χ0v) is 23.3. The fraction of sp³-hybridized carbons (Fsp3) is 0.379. The Morgan fingerprint density at radius 2 is 1.78 bits per heavy atom. The summed E-state index contributed by atoms with van der Waals surface area (Å²) in [6.45, 7) is 10.3. The molecule has 0 amide bonds. The van der Waals surface area contributed by atoms with Crippen molar-refractivity contribution in [1.82, 2.24) is 0 Å². The summed E-state index contributed by atoms with van der Waals surface area (Å²) >= 11 is 3.43. The van der Waals surface area contributed by atoms with Crippen molar-refractivity contribution in [3.8, 4) is 0 Å². The van der Waals surface area contributed by atoms with E-state index >= 15 is 0 Å². The van der Waals surface area contributed by atoms with Crippen LogP contribution in [0, 0.1) is 27.2 Å². The summed E-state index contributed by atoms with van der Waals surface area (Å²) in [5.74, 6) is 0. The van der Waals surface area contributed by atoms with E-state index in [2.05, 4.69) is 33.5 Å². The van der Waals surface area contributed by atoms with Gasteiger partial charge in [-0.15, -0.1) is 0 Å². The molecule has 1 spiro atoms. The van der Waals surface area contributed by atoms with E-state index < -0.39 is 5.41 Å². The first-order valence-electron chi connectivity index (χ1n) is 12.5. The maximum Gasteiger partial charge on any atom is 0.285 e. The zero-order chi connectivity index (χ0) is 27.1. The van der Waals surface area contributed by atoms with E-state index in [0.717, 1.165) is 59.3 Å². The molecule has 0 unspecified atom stereocenters. The Morgan fingerprint density at radius 1 is 1.11 bits per heavy atom. The summed E-state index contributed by atoms with van der Waals surface area (Å²) in [7, 11) is 1.98. The first-order valence-corrected chi connectivity index (χ1v) is 13.3. The summed E-state index contributed by atoms with van der Waals surface area (Å²) in [6, 6.07) is 8.55. The molecule has 4 rings (SSSR count). The number of rotatable bonds is 6. The van der Waals surface area contributed by atoms with Gasteiger partial charge in [0.1, 0.15) is 0 Å². The molecule has 7 nitrogen and oxygen atoms in total. The highest BCUT2D eigenvalue weighted by atomic mass is 79.9. The zero-order valence-electron chi connectivity index (χ0n) is 21.7. The standard InChI is InChI=1S/C29H32BrN3O4/c1-19-12-13-21(32(34)35)16-22(19)28(3,4)20(2)10-9-11-27-29(14-7-6-8-15-29)23-17-24(30)26(33(36)37)18-25(23)31(27)5/h9-13,16-18H,2,6-8,14-15H2,1,3-5H3/b10-9+,27-11+. The molecule has 1 fully saturated rings. The van der Waals surface area contributed by atoms with Gasteiger partial charge in [-0.25, -0.2) is 0 Å². The average molecular weight is 566 g/mol. The number of nitro benzene ring substituents is 2. The SMILES string of the molecule is C=C(/C=C/C=C1/N(C)c2cc([N+](=O)[O-])c(Br)cc2C12CCCCC2)C(C)(C)c1cc([N+](=O)[O-])ccc1C. The Balaban J connectivity index is 1.71. The van der Waals surface area contributed by atoms with Crippen molar-refractivity contribution in [2.24, 2.45) is 0 Å².